The number of nitrogens with one attached hydrogen (secondary N) is 2. The third-order valence-electron chi connectivity index (χ3n) is 2.98. The van der Waals surface area contributed by atoms with Crippen LogP contribution in [0.25, 0.3) is 11.4 Å². The summed E-state index contributed by atoms with van der Waals surface area (Å²) in [5.74, 6) is 0.426. The second-order valence-corrected chi connectivity index (χ2v) is 6.19. The van der Waals surface area contributed by atoms with Crippen molar-refractivity contribution in [2.45, 2.75) is 38.5 Å². The minimum atomic E-state index is -0.495. The Morgan fingerprint density at radius 2 is 1.96 bits per heavy atom. The Bertz CT molecular complexity index is 701. The first-order valence-corrected chi connectivity index (χ1v) is 8.56. The normalized spacial score (nSPS) is 10.7. The number of thioether (sulfide) groups is 1. The number of aromatic nitrogens is 4. The summed E-state index contributed by atoms with van der Waals surface area (Å²) in [4.78, 5) is 27.3. The van der Waals surface area contributed by atoms with Crippen LogP contribution in [0.4, 0.5) is 4.79 Å². The van der Waals surface area contributed by atoms with Crippen LogP contribution in [0.1, 0.15) is 20.8 Å². The van der Waals surface area contributed by atoms with Gasteiger partial charge in [-0.05, 0) is 32.9 Å². The molecule has 2 rings (SSSR count). The third kappa shape index (κ3) is 4.79. The molecule has 0 spiro atoms. The van der Waals surface area contributed by atoms with Crippen LogP contribution in [-0.2, 0) is 11.3 Å². The molecule has 0 fully saturated rings. The van der Waals surface area contributed by atoms with Gasteiger partial charge >= 0.3 is 6.03 Å². The molecule has 0 unspecified atom stereocenters. The number of pyridine rings is 1. The second kappa shape index (κ2) is 8.44. The summed E-state index contributed by atoms with van der Waals surface area (Å²) in [6.07, 6.45) is 3.38. The maximum atomic E-state index is 11.8. The van der Waals surface area contributed by atoms with Crippen LogP contribution >= 0.6 is 11.8 Å². The van der Waals surface area contributed by atoms with Crippen LogP contribution < -0.4 is 10.6 Å². The zero-order chi connectivity index (χ0) is 17.5. The van der Waals surface area contributed by atoms with Gasteiger partial charge in [-0.2, -0.15) is 0 Å². The number of amides is 3. The molecule has 9 heteroatoms. The summed E-state index contributed by atoms with van der Waals surface area (Å²) in [5, 5.41) is 13.8. The van der Waals surface area contributed by atoms with Crippen molar-refractivity contribution >= 4 is 23.7 Å². The summed E-state index contributed by atoms with van der Waals surface area (Å²) in [5.41, 5.74) is 0.909. The summed E-state index contributed by atoms with van der Waals surface area (Å²) in [6, 6.07) is 3.18. The second-order valence-electron chi connectivity index (χ2n) is 5.25. The average Bonchev–Trinajstić information content (AvgIpc) is 2.95. The molecule has 0 aliphatic rings. The number of hydrogen-bond donors (Lipinski definition) is 2. The molecule has 0 aromatic carbocycles. The lowest BCUT2D eigenvalue weighted by molar-refractivity contribution is -0.117. The van der Waals surface area contributed by atoms with Crippen LogP contribution in [0, 0.1) is 0 Å². The van der Waals surface area contributed by atoms with E-state index in [2.05, 4.69) is 25.8 Å². The quantitative estimate of drug-likeness (QED) is 0.770. The highest BCUT2D eigenvalue weighted by atomic mass is 32.2. The molecule has 3 amide bonds. The predicted molar refractivity (Wildman–Crippen MR) is 91.5 cm³/mol. The lowest BCUT2D eigenvalue weighted by atomic mass is 10.2. The Morgan fingerprint density at radius 3 is 2.58 bits per heavy atom. The first-order valence-electron chi connectivity index (χ1n) is 7.58. The SMILES string of the molecule is CCn1c(SCC(=O)NC(=O)NC(C)C)nnc1-c1ccncc1. The first kappa shape index (κ1) is 17.9. The van der Waals surface area contributed by atoms with Gasteiger partial charge in [0.25, 0.3) is 0 Å². The molecule has 2 N–H and O–H groups in total. The van der Waals surface area contributed by atoms with Gasteiger partial charge in [-0.1, -0.05) is 11.8 Å². The Hall–Kier alpha value is -2.42. The van der Waals surface area contributed by atoms with E-state index in [0.717, 1.165) is 11.4 Å². The van der Waals surface area contributed by atoms with Gasteiger partial charge in [-0.3, -0.25) is 15.1 Å². The topological polar surface area (TPSA) is 102 Å². The zero-order valence-electron chi connectivity index (χ0n) is 13.8. The van der Waals surface area contributed by atoms with E-state index in [1.54, 1.807) is 12.4 Å². The van der Waals surface area contributed by atoms with Crippen molar-refractivity contribution in [3.05, 3.63) is 24.5 Å². The standard InChI is InChI=1S/C15H20N6O2S/c1-4-21-13(11-5-7-16-8-6-11)19-20-15(21)24-9-12(22)18-14(23)17-10(2)3/h5-8,10H,4,9H2,1-3H3,(H2,17,18,22,23). The molecule has 8 nitrogen and oxygen atoms in total. The fraction of sp³-hybridized carbons (Fsp3) is 0.400. The number of nitrogens with zero attached hydrogens (tertiary/aromatic N) is 4. The van der Waals surface area contributed by atoms with E-state index in [-0.39, 0.29) is 17.7 Å². The fourth-order valence-corrected chi connectivity index (χ4v) is 2.79. The number of urea groups is 1. The lowest BCUT2D eigenvalue weighted by Gasteiger charge is -2.09. The Morgan fingerprint density at radius 1 is 1.25 bits per heavy atom. The summed E-state index contributed by atoms with van der Waals surface area (Å²) in [6.45, 7) is 6.29. The van der Waals surface area contributed by atoms with Crippen molar-refractivity contribution in [1.29, 1.82) is 0 Å². The van der Waals surface area contributed by atoms with Crippen molar-refractivity contribution in [2.75, 3.05) is 5.75 Å². The Kier molecular flexibility index (Phi) is 6.30. The number of rotatable bonds is 6. The Balaban J connectivity index is 2.00. The van der Waals surface area contributed by atoms with Gasteiger partial charge in [0, 0.05) is 30.5 Å². The molecule has 2 heterocycles. The molecule has 0 aliphatic heterocycles. The number of imide groups is 1. The summed E-state index contributed by atoms with van der Waals surface area (Å²) in [7, 11) is 0. The monoisotopic (exact) mass is 348 g/mol. The zero-order valence-corrected chi connectivity index (χ0v) is 14.6. The van der Waals surface area contributed by atoms with Crippen LogP contribution in [0.3, 0.4) is 0 Å². The molecule has 2 aromatic heterocycles. The highest BCUT2D eigenvalue weighted by Crippen LogP contribution is 2.23. The molecule has 0 radical (unpaired) electrons. The van der Waals surface area contributed by atoms with E-state index in [1.165, 1.54) is 11.8 Å². The maximum absolute atomic E-state index is 11.8. The molecular weight excluding hydrogens is 328 g/mol. The van der Waals surface area contributed by atoms with Crippen LogP contribution in [0.2, 0.25) is 0 Å². The third-order valence-corrected chi connectivity index (χ3v) is 3.94. The smallest absolute Gasteiger partial charge is 0.321 e. The highest BCUT2D eigenvalue weighted by Gasteiger charge is 2.15. The van der Waals surface area contributed by atoms with Gasteiger partial charge < -0.3 is 9.88 Å². The predicted octanol–water partition coefficient (Wildman–Crippen LogP) is 1.69. The fourth-order valence-electron chi connectivity index (χ4n) is 1.99. The molecule has 0 bridgehead atoms. The van der Waals surface area contributed by atoms with E-state index in [0.29, 0.717) is 11.7 Å². The molecule has 24 heavy (non-hydrogen) atoms. The van der Waals surface area contributed by atoms with Crippen molar-refractivity contribution in [3.63, 3.8) is 0 Å². The largest absolute Gasteiger partial charge is 0.336 e. The van der Waals surface area contributed by atoms with E-state index in [4.69, 9.17) is 0 Å². The minimum Gasteiger partial charge on any atom is -0.336 e. The molecular formula is C15H20N6O2S. The molecule has 128 valence electrons. The number of hydrogen-bond acceptors (Lipinski definition) is 6. The Labute approximate surface area is 144 Å². The summed E-state index contributed by atoms with van der Waals surface area (Å²) < 4.78 is 1.92. The van der Waals surface area contributed by atoms with E-state index in [1.807, 2.05) is 37.5 Å². The summed E-state index contributed by atoms with van der Waals surface area (Å²) >= 11 is 1.24. The van der Waals surface area contributed by atoms with Crippen LogP contribution in [0.5, 0.6) is 0 Å². The number of carbonyl (C=O) groups is 2. The maximum Gasteiger partial charge on any atom is 0.321 e. The van der Waals surface area contributed by atoms with Crippen LogP contribution in [-0.4, -0.2) is 43.5 Å². The van der Waals surface area contributed by atoms with E-state index in [9.17, 15) is 9.59 Å². The first-order chi connectivity index (χ1) is 11.5. The highest BCUT2D eigenvalue weighted by molar-refractivity contribution is 7.99. The van der Waals surface area contributed by atoms with Gasteiger partial charge in [0.1, 0.15) is 0 Å². The van der Waals surface area contributed by atoms with Crippen LogP contribution in [0.15, 0.2) is 29.7 Å². The van der Waals surface area contributed by atoms with Crippen molar-refractivity contribution in [1.82, 2.24) is 30.4 Å². The van der Waals surface area contributed by atoms with Crippen molar-refractivity contribution in [3.8, 4) is 11.4 Å². The van der Waals surface area contributed by atoms with Crippen molar-refractivity contribution in [2.24, 2.45) is 0 Å². The molecule has 0 saturated heterocycles. The average molecular weight is 348 g/mol. The molecule has 2 aromatic rings. The molecule has 0 atom stereocenters. The van der Waals surface area contributed by atoms with Gasteiger partial charge in [0.2, 0.25) is 5.91 Å². The van der Waals surface area contributed by atoms with Crippen molar-refractivity contribution < 1.29 is 9.59 Å². The minimum absolute atomic E-state index is 0.0310. The number of carbonyl (C=O) groups excluding carboxylic acids is 2. The van der Waals surface area contributed by atoms with Gasteiger partial charge in [-0.25, -0.2) is 4.79 Å². The van der Waals surface area contributed by atoms with Gasteiger partial charge in [0.15, 0.2) is 11.0 Å². The van der Waals surface area contributed by atoms with Gasteiger partial charge in [-0.15, -0.1) is 10.2 Å². The molecule has 0 aliphatic carbocycles. The van der Waals surface area contributed by atoms with Gasteiger partial charge in [0.05, 0.1) is 5.75 Å². The lowest BCUT2D eigenvalue weighted by Crippen LogP contribution is -2.43. The van der Waals surface area contributed by atoms with E-state index >= 15 is 0 Å². The van der Waals surface area contributed by atoms with E-state index < -0.39 is 6.03 Å². The molecule has 0 saturated carbocycles.